The van der Waals surface area contributed by atoms with Gasteiger partial charge in [0.25, 0.3) is 0 Å². The van der Waals surface area contributed by atoms with E-state index in [2.05, 4.69) is 26.9 Å². The Bertz CT molecular complexity index is 262. The minimum Gasteiger partial charge on any atom is -0.310 e. The van der Waals surface area contributed by atoms with Crippen LogP contribution in [0.5, 0.6) is 0 Å². The maximum Gasteiger partial charge on any atom is 0.0893 e. The van der Waals surface area contributed by atoms with Gasteiger partial charge in [-0.3, -0.25) is 0 Å². The fourth-order valence-corrected chi connectivity index (χ4v) is 2.32. The van der Waals surface area contributed by atoms with Crippen molar-refractivity contribution in [3.05, 3.63) is 11.1 Å². The van der Waals surface area contributed by atoms with Crippen LogP contribution in [0.25, 0.3) is 0 Å². The summed E-state index contributed by atoms with van der Waals surface area (Å²) in [4.78, 5) is 2.42. The predicted molar refractivity (Wildman–Crippen MR) is 57.3 cm³/mol. The molecule has 0 saturated carbocycles. The molecule has 2 rings (SSSR count). The average Bonchev–Trinajstić information content (AvgIpc) is 2.78. The first-order valence-corrected chi connectivity index (χ1v) is 5.87. The van der Waals surface area contributed by atoms with Crippen molar-refractivity contribution in [2.75, 3.05) is 20.1 Å². The smallest absolute Gasteiger partial charge is 0.0893 e. The molecule has 1 fully saturated rings. The Hall–Kier alpha value is -0.520. The Labute approximate surface area is 88.5 Å². The molecule has 78 valence electrons. The van der Waals surface area contributed by atoms with Crippen molar-refractivity contribution >= 4 is 11.5 Å². The molecule has 1 aromatic rings. The molecule has 1 aliphatic heterocycles. The van der Waals surface area contributed by atoms with E-state index >= 15 is 0 Å². The molecule has 1 aromatic heterocycles. The van der Waals surface area contributed by atoms with E-state index in [1.54, 1.807) is 0 Å². The van der Waals surface area contributed by atoms with Gasteiger partial charge >= 0.3 is 0 Å². The van der Waals surface area contributed by atoms with Crippen LogP contribution in [0.15, 0.2) is 5.38 Å². The van der Waals surface area contributed by atoms with Crippen molar-refractivity contribution in [2.45, 2.75) is 25.4 Å². The second-order valence-electron chi connectivity index (χ2n) is 3.80. The second-order valence-corrected chi connectivity index (χ2v) is 4.41. The zero-order valence-electron chi connectivity index (χ0n) is 8.44. The molecular formula is C9H16N4S. The summed E-state index contributed by atoms with van der Waals surface area (Å²) in [5.74, 6) is 0. The number of nitrogens with one attached hydrogen (secondary N) is 1. The van der Waals surface area contributed by atoms with Gasteiger partial charge in [-0.1, -0.05) is 4.49 Å². The first-order chi connectivity index (χ1) is 6.86. The van der Waals surface area contributed by atoms with Crippen LogP contribution in [0.4, 0.5) is 0 Å². The summed E-state index contributed by atoms with van der Waals surface area (Å²) < 4.78 is 3.83. The third-order valence-electron chi connectivity index (χ3n) is 2.76. The molecule has 1 unspecified atom stereocenters. The Kier molecular flexibility index (Phi) is 3.44. The van der Waals surface area contributed by atoms with Gasteiger partial charge in [-0.25, -0.2) is 0 Å². The molecular weight excluding hydrogens is 196 g/mol. The summed E-state index contributed by atoms with van der Waals surface area (Å²) >= 11 is 1.41. The molecule has 0 aromatic carbocycles. The number of likely N-dealkylation sites (N-methyl/N-ethyl adjacent to an activating group) is 1. The number of hydrogen-bond acceptors (Lipinski definition) is 5. The Morgan fingerprint density at radius 1 is 1.71 bits per heavy atom. The topological polar surface area (TPSA) is 41.0 Å². The third kappa shape index (κ3) is 2.50. The van der Waals surface area contributed by atoms with Gasteiger partial charge < -0.3 is 10.2 Å². The van der Waals surface area contributed by atoms with Crippen molar-refractivity contribution in [3.8, 4) is 0 Å². The van der Waals surface area contributed by atoms with Crippen LogP contribution < -0.4 is 5.32 Å². The van der Waals surface area contributed by atoms with E-state index in [1.165, 1.54) is 30.9 Å². The van der Waals surface area contributed by atoms with E-state index in [0.717, 1.165) is 18.8 Å². The summed E-state index contributed by atoms with van der Waals surface area (Å²) in [5, 5.41) is 9.41. The van der Waals surface area contributed by atoms with Crippen molar-refractivity contribution < 1.29 is 0 Å². The molecule has 1 N–H and O–H groups in total. The zero-order chi connectivity index (χ0) is 9.80. The molecule has 0 radical (unpaired) electrons. The summed E-state index contributed by atoms with van der Waals surface area (Å²) in [6, 6.07) is 0.710. The lowest BCUT2D eigenvalue weighted by atomic mass is 10.2. The SMILES string of the molecule is CN1CCCC1CNCc1csnn1. The number of hydrogen-bond donors (Lipinski definition) is 1. The summed E-state index contributed by atoms with van der Waals surface area (Å²) in [5.41, 5.74) is 1.05. The lowest BCUT2D eigenvalue weighted by molar-refractivity contribution is 0.300. The third-order valence-corrected chi connectivity index (χ3v) is 3.32. The van der Waals surface area contributed by atoms with Gasteiger partial charge in [-0.15, -0.1) is 5.10 Å². The molecule has 1 atom stereocenters. The van der Waals surface area contributed by atoms with Gasteiger partial charge in [0.2, 0.25) is 0 Å². The van der Waals surface area contributed by atoms with Gasteiger partial charge in [-0.2, -0.15) is 0 Å². The molecule has 4 nitrogen and oxygen atoms in total. The van der Waals surface area contributed by atoms with Gasteiger partial charge in [0, 0.05) is 24.5 Å². The normalized spacial score (nSPS) is 23.1. The van der Waals surface area contributed by atoms with Crippen molar-refractivity contribution in [1.29, 1.82) is 0 Å². The predicted octanol–water partition coefficient (Wildman–Crippen LogP) is 0.722. The Morgan fingerprint density at radius 3 is 3.29 bits per heavy atom. The highest BCUT2D eigenvalue weighted by molar-refractivity contribution is 7.03. The Balaban J connectivity index is 1.68. The largest absolute Gasteiger partial charge is 0.310 e. The van der Waals surface area contributed by atoms with Gasteiger partial charge in [-0.05, 0) is 38.0 Å². The van der Waals surface area contributed by atoms with E-state index in [4.69, 9.17) is 0 Å². The second kappa shape index (κ2) is 4.82. The average molecular weight is 212 g/mol. The minimum atomic E-state index is 0.710. The van der Waals surface area contributed by atoms with Crippen molar-refractivity contribution in [2.24, 2.45) is 0 Å². The molecule has 0 amide bonds. The maximum atomic E-state index is 3.99. The Morgan fingerprint density at radius 2 is 2.64 bits per heavy atom. The first kappa shape index (κ1) is 10.0. The van der Waals surface area contributed by atoms with Crippen LogP contribution in [0, 0.1) is 0 Å². The monoisotopic (exact) mass is 212 g/mol. The van der Waals surface area contributed by atoms with E-state index in [9.17, 15) is 0 Å². The number of rotatable bonds is 4. The molecule has 0 spiro atoms. The van der Waals surface area contributed by atoms with Crippen LogP contribution in [0.3, 0.4) is 0 Å². The minimum absolute atomic E-state index is 0.710. The van der Waals surface area contributed by atoms with E-state index in [1.807, 2.05) is 5.38 Å². The number of aromatic nitrogens is 2. The lowest BCUT2D eigenvalue weighted by Crippen LogP contribution is -2.35. The highest BCUT2D eigenvalue weighted by Crippen LogP contribution is 2.13. The van der Waals surface area contributed by atoms with Gasteiger partial charge in [0.05, 0.1) is 5.69 Å². The number of likely N-dealkylation sites (tertiary alicyclic amines) is 1. The fourth-order valence-electron chi connectivity index (χ4n) is 1.87. The van der Waals surface area contributed by atoms with Crippen LogP contribution in [0.2, 0.25) is 0 Å². The first-order valence-electron chi connectivity index (χ1n) is 5.03. The maximum absolute atomic E-state index is 3.99. The number of nitrogens with zero attached hydrogens (tertiary/aromatic N) is 3. The molecule has 0 aliphatic carbocycles. The molecule has 5 heteroatoms. The highest BCUT2D eigenvalue weighted by Gasteiger charge is 2.19. The quantitative estimate of drug-likeness (QED) is 0.798. The molecule has 1 saturated heterocycles. The van der Waals surface area contributed by atoms with Gasteiger partial charge in [0.1, 0.15) is 0 Å². The van der Waals surface area contributed by atoms with E-state index < -0.39 is 0 Å². The molecule has 1 aliphatic rings. The molecule has 2 heterocycles. The lowest BCUT2D eigenvalue weighted by Gasteiger charge is -2.19. The summed E-state index contributed by atoms with van der Waals surface area (Å²) in [6.45, 7) is 3.15. The standard InChI is InChI=1S/C9H16N4S/c1-13-4-2-3-9(13)6-10-5-8-7-14-12-11-8/h7,9-10H,2-6H2,1H3. The molecule has 14 heavy (non-hydrogen) atoms. The van der Waals surface area contributed by atoms with Crippen LogP contribution in [-0.4, -0.2) is 40.7 Å². The van der Waals surface area contributed by atoms with Crippen molar-refractivity contribution in [1.82, 2.24) is 19.8 Å². The van der Waals surface area contributed by atoms with Crippen LogP contribution in [0.1, 0.15) is 18.5 Å². The van der Waals surface area contributed by atoms with Crippen molar-refractivity contribution in [3.63, 3.8) is 0 Å². The fraction of sp³-hybridized carbons (Fsp3) is 0.778. The van der Waals surface area contributed by atoms with Crippen LogP contribution >= 0.6 is 11.5 Å². The summed E-state index contributed by atoms with van der Waals surface area (Å²) in [7, 11) is 2.20. The van der Waals surface area contributed by atoms with E-state index in [-0.39, 0.29) is 0 Å². The summed E-state index contributed by atoms with van der Waals surface area (Å²) in [6.07, 6.45) is 2.65. The molecule has 0 bridgehead atoms. The zero-order valence-corrected chi connectivity index (χ0v) is 9.26. The highest BCUT2D eigenvalue weighted by atomic mass is 32.1. The van der Waals surface area contributed by atoms with Gasteiger partial charge in [0.15, 0.2) is 0 Å². The van der Waals surface area contributed by atoms with Crippen LogP contribution in [-0.2, 0) is 6.54 Å². The van der Waals surface area contributed by atoms with E-state index in [0.29, 0.717) is 6.04 Å².